The molecule has 0 aromatic heterocycles. The fourth-order valence-electron chi connectivity index (χ4n) is 2.45. The number of ether oxygens (including phenoxy) is 3. The van der Waals surface area contributed by atoms with E-state index in [0.29, 0.717) is 15.8 Å². The summed E-state index contributed by atoms with van der Waals surface area (Å²) in [5, 5.41) is 2.50. The number of amides is 2. The first kappa shape index (κ1) is 22.6. The Morgan fingerprint density at radius 1 is 1.38 bits per heavy atom. The number of nitrogens with zero attached hydrogens (tertiary/aromatic N) is 1. The van der Waals surface area contributed by atoms with Gasteiger partial charge in [-0.3, -0.25) is 19.8 Å². The van der Waals surface area contributed by atoms with Crippen LogP contribution < -0.4 is 14.8 Å². The van der Waals surface area contributed by atoms with Gasteiger partial charge in [0.05, 0.1) is 18.2 Å². The van der Waals surface area contributed by atoms with Crippen LogP contribution >= 0.6 is 28.1 Å². The lowest BCUT2D eigenvalue weighted by Gasteiger charge is -2.27. The highest BCUT2D eigenvalue weighted by Gasteiger charge is 2.32. The maximum Gasteiger partial charge on any atom is 0.344 e. The minimum absolute atomic E-state index is 0.0264. The molecule has 1 N–H and O–H groups in total. The first-order chi connectivity index (χ1) is 13.8. The van der Waals surface area contributed by atoms with Crippen molar-refractivity contribution in [1.29, 1.82) is 0 Å². The van der Waals surface area contributed by atoms with Crippen molar-refractivity contribution in [3.8, 4) is 11.5 Å². The summed E-state index contributed by atoms with van der Waals surface area (Å²) in [6, 6.07) is 3.20. The van der Waals surface area contributed by atoms with E-state index in [-0.39, 0.29) is 36.2 Å². The molecule has 1 aliphatic rings. The number of carbonyl (C=O) groups is 3. The van der Waals surface area contributed by atoms with E-state index < -0.39 is 17.8 Å². The van der Waals surface area contributed by atoms with Crippen LogP contribution in [0, 0.1) is 0 Å². The standard InChI is InChI=1S/C19H19BrN2O6S/c1-4-6-22-18(25)12(17(24)21-19(22)29)7-11-8-13(20)16(14(9-11)26-3)28-10-15(23)27-5-2/h4,7-9H,1,5-6,10H2,2-3H3,(H,21,24,29)/b12-7+. The first-order valence-corrected chi connectivity index (χ1v) is 9.68. The largest absolute Gasteiger partial charge is 0.493 e. The van der Waals surface area contributed by atoms with E-state index in [0.717, 1.165) is 0 Å². The molecule has 1 fully saturated rings. The monoisotopic (exact) mass is 482 g/mol. The summed E-state index contributed by atoms with van der Waals surface area (Å²) < 4.78 is 16.1. The minimum atomic E-state index is -0.599. The number of benzene rings is 1. The van der Waals surface area contributed by atoms with Crippen LogP contribution in [-0.2, 0) is 19.1 Å². The molecule has 154 valence electrons. The minimum Gasteiger partial charge on any atom is -0.493 e. The Labute approximate surface area is 181 Å². The average Bonchev–Trinajstić information content (AvgIpc) is 2.67. The summed E-state index contributed by atoms with van der Waals surface area (Å²) in [7, 11) is 1.43. The third kappa shape index (κ3) is 5.42. The van der Waals surface area contributed by atoms with Gasteiger partial charge in [-0.05, 0) is 58.8 Å². The highest BCUT2D eigenvalue weighted by atomic mass is 79.9. The highest BCUT2D eigenvalue weighted by molar-refractivity contribution is 9.10. The van der Waals surface area contributed by atoms with E-state index in [1.807, 2.05) is 0 Å². The van der Waals surface area contributed by atoms with Crippen molar-refractivity contribution in [2.75, 3.05) is 26.9 Å². The number of halogens is 1. The summed E-state index contributed by atoms with van der Waals surface area (Å²) in [5.41, 5.74) is 0.414. The van der Waals surface area contributed by atoms with Gasteiger partial charge in [0.1, 0.15) is 5.57 Å². The Morgan fingerprint density at radius 2 is 2.10 bits per heavy atom. The van der Waals surface area contributed by atoms with Gasteiger partial charge in [-0.25, -0.2) is 4.79 Å². The number of rotatable bonds is 8. The zero-order chi connectivity index (χ0) is 21.6. The van der Waals surface area contributed by atoms with Crippen LogP contribution in [0.1, 0.15) is 12.5 Å². The van der Waals surface area contributed by atoms with Crippen molar-refractivity contribution in [1.82, 2.24) is 10.2 Å². The topological polar surface area (TPSA) is 94.2 Å². The summed E-state index contributed by atoms with van der Waals surface area (Å²) in [5.74, 6) is -1.06. The number of hydrogen-bond acceptors (Lipinski definition) is 7. The van der Waals surface area contributed by atoms with Gasteiger partial charge in [0.2, 0.25) is 0 Å². The second kappa shape index (κ2) is 10.2. The van der Waals surface area contributed by atoms with Gasteiger partial charge in [0, 0.05) is 6.54 Å². The lowest BCUT2D eigenvalue weighted by Crippen LogP contribution is -2.53. The van der Waals surface area contributed by atoms with Crippen LogP contribution in [0.5, 0.6) is 11.5 Å². The van der Waals surface area contributed by atoms with Crippen LogP contribution in [0.4, 0.5) is 0 Å². The molecule has 1 heterocycles. The van der Waals surface area contributed by atoms with Crippen LogP contribution in [0.25, 0.3) is 6.08 Å². The predicted molar refractivity (Wildman–Crippen MR) is 113 cm³/mol. The van der Waals surface area contributed by atoms with E-state index in [1.54, 1.807) is 19.1 Å². The van der Waals surface area contributed by atoms with Gasteiger partial charge in [0.15, 0.2) is 23.2 Å². The van der Waals surface area contributed by atoms with E-state index in [4.69, 9.17) is 26.4 Å². The fraction of sp³-hybridized carbons (Fsp3) is 0.263. The number of hydrogen-bond donors (Lipinski definition) is 1. The Kier molecular flexibility index (Phi) is 7.91. The molecule has 8 nitrogen and oxygen atoms in total. The van der Waals surface area contributed by atoms with E-state index in [2.05, 4.69) is 27.8 Å². The molecular formula is C19H19BrN2O6S. The zero-order valence-electron chi connectivity index (χ0n) is 15.8. The molecule has 2 amide bonds. The second-order valence-corrected chi connectivity index (χ2v) is 6.89. The van der Waals surface area contributed by atoms with Crippen LogP contribution in [0.3, 0.4) is 0 Å². The number of carbonyl (C=O) groups excluding carboxylic acids is 3. The van der Waals surface area contributed by atoms with Gasteiger partial charge in [-0.2, -0.15) is 0 Å². The highest BCUT2D eigenvalue weighted by Crippen LogP contribution is 2.37. The summed E-state index contributed by atoms with van der Waals surface area (Å²) in [6.45, 7) is 5.40. The summed E-state index contributed by atoms with van der Waals surface area (Å²) >= 11 is 8.38. The third-order valence-corrected chi connectivity index (χ3v) is 4.61. The van der Waals surface area contributed by atoms with Crippen LogP contribution in [0.2, 0.25) is 0 Å². The molecule has 0 bridgehead atoms. The molecular weight excluding hydrogens is 464 g/mol. The van der Waals surface area contributed by atoms with Crippen LogP contribution in [0.15, 0.2) is 34.8 Å². The Balaban J connectivity index is 2.35. The van der Waals surface area contributed by atoms with Crippen molar-refractivity contribution < 1.29 is 28.6 Å². The molecule has 0 atom stereocenters. The SMILES string of the molecule is C=CCN1C(=O)/C(=C/c2cc(Br)c(OCC(=O)OCC)c(OC)c2)C(=O)NC1=S. The number of methoxy groups -OCH3 is 1. The van der Waals surface area contributed by atoms with Crippen LogP contribution in [-0.4, -0.2) is 54.7 Å². The van der Waals surface area contributed by atoms with E-state index in [1.165, 1.54) is 24.2 Å². The number of nitrogens with one attached hydrogen (secondary N) is 1. The van der Waals surface area contributed by atoms with Gasteiger partial charge in [-0.15, -0.1) is 6.58 Å². The predicted octanol–water partition coefficient (Wildman–Crippen LogP) is 2.21. The molecule has 0 aliphatic carbocycles. The lowest BCUT2D eigenvalue weighted by atomic mass is 10.1. The van der Waals surface area contributed by atoms with E-state index in [9.17, 15) is 14.4 Å². The molecule has 0 spiro atoms. The molecule has 1 aromatic carbocycles. The smallest absolute Gasteiger partial charge is 0.344 e. The molecule has 1 aliphatic heterocycles. The van der Waals surface area contributed by atoms with Gasteiger partial charge in [-0.1, -0.05) is 6.08 Å². The van der Waals surface area contributed by atoms with Gasteiger partial charge < -0.3 is 14.2 Å². The maximum absolute atomic E-state index is 12.6. The molecule has 0 unspecified atom stereocenters. The quantitative estimate of drug-likeness (QED) is 0.199. The molecule has 1 aromatic rings. The zero-order valence-corrected chi connectivity index (χ0v) is 18.2. The molecule has 2 rings (SSSR count). The maximum atomic E-state index is 12.6. The lowest BCUT2D eigenvalue weighted by molar-refractivity contribution is -0.145. The van der Waals surface area contributed by atoms with Crippen molar-refractivity contribution in [3.63, 3.8) is 0 Å². The van der Waals surface area contributed by atoms with Gasteiger partial charge >= 0.3 is 5.97 Å². The second-order valence-electron chi connectivity index (χ2n) is 5.65. The number of thiocarbonyl (C=S) groups is 1. The van der Waals surface area contributed by atoms with Crippen molar-refractivity contribution in [2.24, 2.45) is 0 Å². The van der Waals surface area contributed by atoms with Crippen molar-refractivity contribution in [3.05, 3.63) is 40.4 Å². The van der Waals surface area contributed by atoms with Crippen molar-refractivity contribution >= 4 is 57.1 Å². The first-order valence-electron chi connectivity index (χ1n) is 8.48. The average molecular weight is 483 g/mol. The van der Waals surface area contributed by atoms with Gasteiger partial charge in [0.25, 0.3) is 11.8 Å². The summed E-state index contributed by atoms with van der Waals surface area (Å²) in [6.07, 6.45) is 2.92. The summed E-state index contributed by atoms with van der Waals surface area (Å²) in [4.78, 5) is 37.6. The molecule has 0 radical (unpaired) electrons. The normalized spacial score (nSPS) is 15.2. The van der Waals surface area contributed by atoms with E-state index >= 15 is 0 Å². The Bertz CT molecular complexity index is 899. The molecule has 29 heavy (non-hydrogen) atoms. The molecule has 0 saturated carbocycles. The molecule has 1 saturated heterocycles. The third-order valence-electron chi connectivity index (χ3n) is 3.70. The number of esters is 1. The Morgan fingerprint density at radius 3 is 2.72 bits per heavy atom. The Hall–Kier alpha value is -2.72. The van der Waals surface area contributed by atoms with Crippen molar-refractivity contribution in [2.45, 2.75) is 6.92 Å². The molecule has 10 heteroatoms. The fourth-order valence-corrected chi connectivity index (χ4v) is 3.28.